The van der Waals surface area contributed by atoms with Gasteiger partial charge in [0.1, 0.15) is 5.82 Å². The Morgan fingerprint density at radius 2 is 1.95 bits per heavy atom. The Morgan fingerprint density at radius 3 is 2.57 bits per heavy atom. The molecule has 0 amide bonds. The molecule has 0 bridgehead atoms. The lowest BCUT2D eigenvalue weighted by Crippen LogP contribution is -2.14. The fourth-order valence-electron chi connectivity index (χ4n) is 2.19. The van der Waals surface area contributed by atoms with Gasteiger partial charge in [-0.2, -0.15) is 0 Å². The largest absolute Gasteiger partial charge is 0.493 e. The van der Waals surface area contributed by atoms with Crippen LogP contribution >= 0.6 is 11.6 Å². The van der Waals surface area contributed by atoms with Crippen molar-refractivity contribution >= 4 is 11.6 Å². The number of benzene rings is 2. The number of rotatable bonds is 5. The lowest BCUT2D eigenvalue weighted by Gasteiger charge is -2.16. The highest BCUT2D eigenvalue weighted by Crippen LogP contribution is 2.37. The third-order valence-electron chi connectivity index (χ3n) is 3.23. The summed E-state index contributed by atoms with van der Waals surface area (Å²) in [7, 11) is 3.06. The van der Waals surface area contributed by atoms with Crippen molar-refractivity contribution in [3.8, 4) is 11.5 Å². The van der Waals surface area contributed by atoms with Gasteiger partial charge < -0.3 is 15.2 Å². The van der Waals surface area contributed by atoms with E-state index in [1.54, 1.807) is 18.2 Å². The summed E-state index contributed by atoms with van der Waals surface area (Å²) in [5.41, 5.74) is 7.82. The van der Waals surface area contributed by atoms with Crippen molar-refractivity contribution in [2.24, 2.45) is 5.73 Å². The zero-order valence-electron chi connectivity index (χ0n) is 11.9. The van der Waals surface area contributed by atoms with Crippen molar-refractivity contribution in [1.29, 1.82) is 0 Å². The zero-order chi connectivity index (χ0) is 15.4. The van der Waals surface area contributed by atoms with Gasteiger partial charge in [-0.25, -0.2) is 4.39 Å². The molecule has 0 aliphatic carbocycles. The average Bonchev–Trinajstić information content (AvgIpc) is 2.46. The van der Waals surface area contributed by atoms with E-state index >= 15 is 0 Å². The molecule has 0 spiro atoms. The van der Waals surface area contributed by atoms with Gasteiger partial charge in [-0.15, -0.1) is 0 Å². The summed E-state index contributed by atoms with van der Waals surface area (Å²) in [5, 5.41) is 0.432. The Hall–Kier alpha value is -1.78. The molecule has 0 heterocycles. The fraction of sp³-hybridized carbons (Fsp3) is 0.250. The van der Waals surface area contributed by atoms with Crippen LogP contribution in [-0.4, -0.2) is 14.2 Å². The topological polar surface area (TPSA) is 44.5 Å². The van der Waals surface area contributed by atoms with E-state index in [0.717, 1.165) is 11.1 Å². The van der Waals surface area contributed by atoms with Crippen LogP contribution in [0.15, 0.2) is 36.4 Å². The Labute approximate surface area is 128 Å². The van der Waals surface area contributed by atoms with E-state index in [-0.39, 0.29) is 11.9 Å². The van der Waals surface area contributed by atoms with Crippen LogP contribution in [0.5, 0.6) is 11.5 Å². The lowest BCUT2D eigenvalue weighted by molar-refractivity contribution is 0.354. The number of halogens is 2. The molecule has 5 heteroatoms. The SMILES string of the molecule is COc1cc(C(N)Cc2cccc(F)c2)cc(Cl)c1OC. The molecule has 21 heavy (non-hydrogen) atoms. The highest BCUT2D eigenvalue weighted by atomic mass is 35.5. The highest BCUT2D eigenvalue weighted by Gasteiger charge is 2.15. The average molecular weight is 310 g/mol. The van der Waals surface area contributed by atoms with Gasteiger partial charge in [-0.3, -0.25) is 0 Å². The minimum absolute atomic E-state index is 0.273. The Balaban J connectivity index is 2.27. The maximum atomic E-state index is 13.2. The second-order valence-electron chi connectivity index (χ2n) is 4.68. The maximum absolute atomic E-state index is 13.2. The predicted molar refractivity (Wildman–Crippen MR) is 81.6 cm³/mol. The molecule has 0 fully saturated rings. The summed E-state index contributed by atoms with van der Waals surface area (Å²) < 4.78 is 23.6. The van der Waals surface area contributed by atoms with Crippen molar-refractivity contribution < 1.29 is 13.9 Å². The molecule has 0 saturated heterocycles. The standard InChI is InChI=1S/C16H17ClFNO2/c1-20-15-9-11(8-13(17)16(15)21-2)14(19)7-10-4-3-5-12(18)6-10/h3-6,8-9,14H,7,19H2,1-2H3. The Kier molecular flexibility index (Phi) is 5.04. The predicted octanol–water partition coefficient (Wildman–Crippen LogP) is 3.74. The van der Waals surface area contributed by atoms with Crippen LogP contribution in [0.2, 0.25) is 5.02 Å². The van der Waals surface area contributed by atoms with Gasteiger partial charge in [0, 0.05) is 6.04 Å². The second kappa shape index (κ2) is 6.78. The molecule has 0 aliphatic rings. The first kappa shape index (κ1) is 15.6. The molecule has 112 valence electrons. The van der Waals surface area contributed by atoms with Crippen LogP contribution in [0.3, 0.4) is 0 Å². The first-order valence-corrected chi connectivity index (χ1v) is 6.84. The van der Waals surface area contributed by atoms with Gasteiger partial charge in [0.05, 0.1) is 19.2 Å². The first-order chi connectivity index (χ1) is 10.0. The lowest BCUT2D eigenvalue weighted by atomic mass is 9.99. The molecule has 2 N–H and O–H groups in total. The van der Waals surface area contributed by atoms with E-state index in [9.17, 15) is 4.39 Å². The number of hydrogen-bond donors (Lipinski definition) is 1. The molecular weight excluding hydrogens is 293 g/mol. The van der Waals surface area contributed by atoms with E-state index in [1.807, 2.05) is 6.07 Å². The van der Waals surface area contributed by atoms with Crippen LogP contribution in [-0.2, 0) is 6.42 Å². The van der Waals surface area contributed by atoms with E-state index in [2.05, 4.69) is 0 Å². The van der Waals surface area contributed by atoms with E-state index < -0.39 is 0 Å². The quantitative estimate of drug-likeness (QED) is 0.915. The second-order valence-corrected chi connectivity index (χ2v) is 5.09. The molecule has 3 nitrogen and oxygen atoms in total. The van der Waals surface area contributed by atoms with Gasteiger partial charge in [-0.05, 0) is 41.8 Å². The van der Waals surface area contributed by atoms with Gasteiger partial charge in [0.25, 0.3) is 0 Å². The molecule has 0 radical (unpaired) electrons. The van der Waals surface area contributed by atoms with Gasteiger partial charge in [0.15, 0.2) is 11.5 Å². The van der Waals surface area contributed by atoms with Crippen LogP contribution < -0.4 is 15.2 Å². The smallest absolute Gasteiger partial charge is 0.179 e. The van der Waals surface area contributed by atoms with E-state index in [1.165, 1.54) is 26.4 Å². The van der Waals surface area contributed by atoms with Crippen molar-refractivity contribution in [1.82, 2.24) is 0 Å². The number of methoxy groups -OCH3 is 2. The summed E-state index contributed by atoms with van der Waals surface area (Å²) in [4.78, 5) is 0. The van der Waals surface area contributed by atoms with Crippen LogP contribution in [0.25, 0.3) is 0 Å². The molecule has 1 unspecified atom stereocenters. The third-order valence-corrected chi connectivity index (χ3v) is 3.51. The van der Waals surface area contributed by atoms with E-state index in [4.69, 9.17) is 26.8 Å². The van der Waals surface area contributed by atoms with E-state index in [0.29, 0.717) is 22.9 Å². The minimum Gasteiger partial charge on any atom is -0.493 e. The minimum atomic E-state index is -0.316. The summed E-state index contributed by atoms with van der Waals surface area (Å²) in [6.07, 6.45) is 0.504. The van der Waals surface area contributed by atoms with Gasteiger partial charge in [-0.1, -0.05) is 23.7 Å². The molecule has 0 aromatic heterocycles. The van der Waals surface area contributed by atoms with Gasteiger partial charge in [0.2, 0.25) is 0 Å². The Morgan fingerprint density at radius 1 is 1.19 bits per heavy atom. The number of hydrogen-bond acceptors (Lipinski definition) is 3. The summed E-state index contributed by atoms with van der Waals surface area (Å²) in [6.45, 7) is 0. The molecule has 1 atom stereocenters. The summed E-state index contributed by atoms with van der Waals surface area (Å²) in [5.74, 6) is 0.723. The van der Waals surface area contributed by atoms with Crippen LogP contribution in [0, 0.1) is 5.82 Å². The van der Waals surface area contributed by atoms with Gasteiger partial charge >= 0.3 is 0 Å². The highest BCUT2D eigenvalue weighted by molar-refractivity contribution is 6.32. The van der Waals surface area contributed by atoms with Crippen molar-refractivity contribution in [2.75, 3.05) is 14.2 Å². The molecule has 0 saturated carbocycles. The first-order valence-electron chi connectivity index (χ1n) is 6.46. The van der Waals surface area contributed by atoms with Crippen molar-refractivity contribution in [3.05, 3.63) is 58.4 Å². The molecule has 2 rings (SSSR count). The van der Waals surface area contributed by atoms with Crippen LogP contribution in [0.4, 0.5) is 4.39 Å². The van der Waals surface area contributed by atoms with Crippen LogP contribution in [0.1, 0.15) is 17.2 Å². The molecule has 2 aromatic rings. The maximum Gasteiger partial charge on any atom is 0.179 e. The summed E-state index contributed by atoms with van der Waals surface area (Å²) in [6, 6.07) is 9.60. The molecular formula is C16H17ClFNO2. The monoisotopic (exact) mass is 309 g/mol. The molecule has 0 aliphatic heterocycles. The Bertz CT molecular complexity index is 634. The summed E-state index contributed by atoms with van der Waals surface area (Å²) >= 11 is 6.17. The normalized spacial score (nSPS) is 12.0. The number of ether oxygens (including phenoxy) is 2. The third kappa shape index (κ3) is 3.65. The van der Waals surface area contributed by atoms with Crippen molar-refractivity contribution in [2.45, 2.75) is 12.5 Å². The zero-order valence-corrected chi connectivity index (χ0v) is 12.7. The number of nitrogens with two attached hydrogens (primary N) is 1. The molecule has 2 aromatic carbocycles. The van der Waals surface area contributed by atoms with Crippen molar-refractivity contribution in [3.63, 3.8) is 0 Å². The fourth-order valence-corrected chi connectivity index (χ4v) is 2.48.